The van der Waals surface area contributed by atoms with Crippen molar-refractivity contribution in [2.45, 2.75) is 19.8 Å². The lowest BCUT2D eigenvalue weighted by molar-refractivity contribution is 0.570. The van der Waals surface area contributed by atoms with Crippen LogP contribution in [-0.2, 0) is 0 Å². The van der Waals surface area contributed by atoms with E-state index in [1.807, 2.05) is 12.1 Å². The van der Waals surface area contributed by atoms with Crippen molar-refractivity contribution in [1.29, 1.82) is 0 Å². The summed E-state index contributed by atoms with van der Waals surface area (Å²) in [5.74, 6) is 0.462. The minimum Gasteiger partial charge on any atom is -0.416 e. The van der Waals surface area contributed by atoms with Crippen molar-refractivity contribution in [2.24, 2.45) is 0 Å². The molecule has 0 radical (unpaired) electrons. The van der Waals surface area contributed by atoms with Crippen LogP contribution in [0.5, 0.6) is 0 Å². The second-order valence-corrected chi connectivity index (χ2v) is 5.02. The van der Waals surface area contributed by atoms with Gasteiger partial charge >= 0.3 is 0 Å². The molecule has 0 saturated heterocycles. The van der Waals surface area contributed by atoms with Gasteiger partial charge in [0.25, 0.3) is 5.89 Å². The molecule has 5 heteroatoms. The molecular weight excluding hydrogens is 269 g/mol. The fourth-order valence-electron chi connectivity index (χ4n) is 1.96. The van der Waals surface area contributed by atoms with Crippen LogP contribution in [0, 0.1) is 5.82 Å². The summed E-state index contributed by atoms with van der Waals surface area (Å²) in [6.45, 7) is 4.15. The van der Waals surface area contributed by atoms with E-state index in [-0.39, 0.29) is 11.7 Å². The maximum absolute atomic E-state index is 13.7. The monoisotopic (exact) mass is 283 g/mol. The van der Waals surface area contributed by atoms with Gasteiger partial charge < -0.3 is 4.42 Å². The molecule has 0 atom stereocenters. The first kappa shape index (κ1) is 13.4. The average molecular weight is 283 g/mol. The van der Waals surface area contributed by atoms with Gasteiger partial charge in [-0.1, -0.05) is 26.0 Å². The number of hydrogen-bond donors (Lipinski definition) is 0. The normalized spacial score (nSPS) is 11.0. The number of pyridine rings is 1. The first-order chi connectivity index (χ1) is 10.1. The summed E-state index contributed by atoms with van der Waals surface area (Å²) in [6.07, 6.45) is 1.69. The molecule has 0 fully saturated rings. The van der Waals surface area contributed by atoms with E-state index in [9.17, 15) is 4.39 Å². The Hall–Kier alpha value is -2.56. The zero-order valence-electron chi connectivity index (χ0n) is 11.7. The summed E-state index contributed by atoms with van der Waals surface area (Å²) in [7, 11) is 0. The standard InChI is InChI=1S/C16H14FN3O/c1-10(2)14-8-7-11(9-18-14)15-19-20-16(21-15)12-5-3-4-6-13(12)17/h3-10H,1-2H3. The zero-order chi connectivity index (χ0) is 14.8. The zero-order valence-corrected chi connectivity index (χ0v) is 11.7. The van der Waals surface area contributed by atoms with Crippen LogP contribution < -0.4 is 0 Å². The SMILES string of the molecule is CC(C)c1ccc(-c2nnc(-c3ccccc3F)o2)cn1. The van der Waals surface area contributed by atoms with Crippen molar-refractivity contribution in [3.05, 3.63) is 54.1 Å². The molecule has 0 bridgehead atoms. The van der Waals surface area contributed by atoms with Gasteiger partial charge in [0, 0.05) is 11.9 Å². The largest absolute Gasteiger partial charge is 0.416 e. The molecule has 4 nitrogen and oxygen atoms in total. The van der Waals surface area contributed by atoms with E-state index in [1.165, 1.54) is 6.07 Å². The van der Waals surface area contributed by atoms with Crippen molar-refractivity contribution >= 4 is 0 Å². The highest BCUT2D eigenvalue weighted by Crippen LogP contribution is 2.25. The van der Waals surface area contributed by atoms with Gasteiger partial charge in [0.1, 0.15) is 5.82 Å². The van der Waals surface area contributed by atoms with E-state index >= 15 is 0 Å². The lowest BCUT2D eigenvalue weighted by Gasteiger charge is -2.03. The Morgan fingerprint density at radius 1 is 1.00 bits per heavy atom. The first-order valence-corrected chi connectivity index (χ1v) is 6.70. The fraction of sp³-hybridized carbons (Fsp3) is 0.188. The fourth-order valence-corrected chi connectivity index (χ4v) is 1.96. The summed E-state index contributed by atoms with van der Waals surface area (Å²) in [5, 5.41) is 7.85. The van der Waals surface area contributed by atoms with Crippen LogP contribution in [-0.4, -0.2) is 15.2 Å². The molecule has 0 aliphatic heterocycles. The van der Waals surface area contributed by atoms with E-state index in [1.54, 1.807) is 24.4 Å². The van der Waals surface area contributed by atoms with Crippen molar-refractivity contribution in [1.82, 2.24) is 15.2 Å². The second kappa shape index (κ2) is 5.44. The number of benzene rings is 1. The molecule has 21 heavy (non-hydrogen) atoms. The summed E-state index contributed by atoms with van der Waals surface area (Å²) in [6, 6.07) is 10.1. The van der Waals surface area contributed by atoms with Crippen LogP contribution in [0.1, 0.15) is 25.5 Å². The van der Waals surface area contributed by atoms with Gasteiger partial charge in [-0.2, -0.15) is 0 Å². The molecule has 1 aromatic carbocycles. The topological polar surface area (TPSA) is 51.8 Å². The lowest BCUT2D eigenvalue weighted by Crippen LogP contribution is -1.91. The third kappa shape index (κ3) is 2.67. The van der Waals surface area contributed by atoms with Crippen LogP contribution in [0.2, 0.25) is 0 Å². The van der Waals surface area contributed by atoms with E-state index in [4.69, 9.17) is 4.42 Å². The Morgan fingerprint density at radius 2 is 1.76 bits per heavy atom. The number of hydrogen-bond acceptors (Lipinski definition) is 4. The number of rotatable bonds is 3. The molecular formula is C16H14FN3O. The van der Waals surface area contributed by atoms with Gasteiger partial charge in [0.2, 0.25) is 5.89 Å². The van der Waals surface area contributed by atoms with Gasteiger partial charge in [-0.05, 0) is 30.2 Å². The van der Waals surface area contributed by atoms with E-state index < -0.39 is 0 Å². The molecule has 3 aromatic rings. The van der Waals surface area contributed by atoms with Crippen molar-refractivity contribution < 1.29 is 8.81 Å². The molecule has 0 unspecified atom stereocenters. The maximum Gasteiger partial charge on any atom is 0.251 e. The van der Waals surface area contributed by atoms with Gasteiger partial charge in [0.15, 0.2) is 0 Å². The molecule has 0 saturated carbocycles. The first-order valence-electron chi connectivity index (χ1n) is 6.70. The van der Waals surface area contributed by atoms with Crippen LogP contribution in [0.4, 0.5) is 4.39 Å². The minimum absolute atomic E-state index is 0.163. The van der Waals surface area contributed by atoms with Crippen molar-refractivity contribution in [2.75, 3.05) is 0 Å². The highest BCUT2D eigenvalue weighted by Gasteiger charge is 2.14. The third-order valence-corrected chi connectivity index (χ3v) is 3.15. The van der Waals surface area contributed by atoms with Gasteiger partial charge in [0.05, 0.1) is 11.1 Å². The number of halogens is 1. The quantitative estimate of drug-likeness (QED) is 0.727. The maximum atomic E-state index is 13.7. The molecule has 0 aliphatic rings. The van der Waals surface area contributed by atoms with Gasteiger partial charge in [-0.3, -0.25) is 4.98 Å². The van der Waals surface area contributed by atoms with Crippen molar-refractivity contribution in [3.63, 3.8) is 0 Å². The molecule has 3 rings (SSSR count). The number of aromatic nitrogens is 3. The minimum atomic E-state index is -0.388. The lowest BCUT2D eigenvalue weighted by atomic mass is 10.1. The highest BCUT2D eigenvalue weighted by atomic mass is 19.1. The predicted octanol–water partition coefficient (Wildman–Crippen LogP) is 4.06. The van der Waals surface area contributed by atoms with Crippen LogP contribution in [0.25, 0.3) is 22.9 Å². The Labute approximate surface area is 121 Å². The molecule has 0 amide bonds. The Balaban J connectivity index is 1.93. The van der Waals surface area contributed by atoms with E-state index in [0.29, 0.717) is 17.4 Å². The van der Waals surface area contributed by atoms with Crippen LogP contribution in [0.15, 0.2) is 47.0 Å². The van der Waals surface area contributed by atoms with E-state index in [2.05, 4.69) is 29.0 Å². The van der Waals surface area contributed by atoms with Crippen LogP contribution >= 0.6 is 0 Å². The molecule has 2 heterocycles. The predicted molar refractivity (Wildman–Crippen MR) is 77.0 cm³/mol. The average Bonchev–Trinajstić information content (AvgIpc) is 2.97. The van der Waals surface area contributed by atoms with Crippen LogP contribution in [0.3, 0.4) is 0 Å². The molecule has 2 aromatic heterocycles. The number of nitrogens with zero attached hydrogens (tertiary/aromatic N) is 3. The Kier molecular flexibility index (Phi) is 3.48. The molecule has 0 aliphatic carbocycles. The van der Waals surface area contributed by atoms with Crippen molar-refractivity contribution in [3.8, 4) is 22.9 Å². The summed E-state index contributed by atoms with van der Waals surface area (Å²) < 4.78 is 19.2. The summed E-state index contributed by atoms with van der Waals surface area (Å²) in [5.41, 5.74) is 2.00. The summed E-state index contributed by atoms with van der Waals surface area (Å²) >= 11 is 0. The smallest absolute Gasteiger partial charge is 0.251 e. The molecule has 0 spiro atoms. The summed E-state index contributed by atoms with van der Waals surface area (Å²) in [4.78, 5) is 4.35. The molecule has 0 N–H and O–H groups in total. The Bertz CT molecular complexity index is 750. The Morgan fingerprint density at radius 3 is 2.43 bits per heavy atom. The molecule has 106 valence electrons. The van der Waals surface area contributed by atoms with E-state index in [0.717, 1.165) is 11.3 Å². The van der Waals surface area contributed by atoms with Gasteiger partial charge in [-0.15, -0.1) is 10.2 Å². The second-order valence-electron chi connectivity index (χ2n) is 5.02. The van der Waals surface area contributed by atoms with Gasteiger partial charge in [-0.25, -0.2) is 4.39 Å². The highest BCUT2D eigenvalue weighted by molar-refractivity contribution is 5.57. The third-order valence-electron chi connectivity index (χ3n) is 3.15.